The number of nitro groups is 1. The van der Waals surface area contributed by atoms with E-state index >= 15 is 0 Å². The lowest BCUT2D eigenvalue weighted by molar-refractivity contribution is -0.403. The van der Waals surface area contributed by atoms with Gasteiger partial charge in [0, 0.05) is 23.5 Å². The molecule has 0 unspecified atom stereocenters. The van der Waals surface area contributed by atoms with Gasteiger partial charge in [-0.15, -0.1) is 0 Å². The van der Waals surface area contributed by atoms with E-state index in [1.807, 2.05) is 36.4 Å². The number of likely N-dealkylation sites (tertiary alicyclic amines) is 1. The second kappa shape index (κ2) is 12.3. The van der Waals surface area contributed by atoms with Crippen molar-refractivity contribution in [1.29, 1.82) is 0 Å². The molecule has 1 aliphatic heterocycles. The molecule has 0 saturated carbocycles. The first kappa shape index (κ1) is 26.0. The van der Waals surface area contributed by atoms with Gasteiger partial charge in [0.15, 0.2) is 11.6 Å². The minimum absolute atomic E-state index is 0.0804. The number of benzene rings is 3. The number of carbonyl (C=O) groups is 1. The summed E-state index contributed by atoms with van der Waals surface area (Å²) < 4.78 is 13.2. The van der Waals surface area contributed by atoms with Crippen molar-refractivity contribution >= 4 is 17.2 Å². The van der Waals surface area contributed by atoms with Crippen LogP contribution in [0, 0.1) is 21.8 Å². The number of rotatable bonds is 10. The molecule has 7 nitrogen and oxygen atoms in total. The SMILES string of the molecule is CC(=O)c1cccc(NC(=C[N+](=O)[O-])Nc2ccccc2CN2CCC(Cc3ccc(F)cc3)CC2)c1. The van der Waals surface area contributed by atoms with Gasteiger partial charge in [0.2, 0.25) is 0 Å². The molecule has 0 spiro atoms. The maximum absolute atomic E-state index is 13.2. The zero-order valence-electron chi connectivity index (χ0n) is 20.8. The quantitative estimate of drug-likeness (QED) is 0.198. The second-order valence-corrected chi connectivity index (χ2v) is 9.42. The lowest BCUT2D eigenvalue weighted by atomic mass is 9.90. The molecule has 3 aromatic carbocycles. The van der Waals surface area contributed by atoms with Gasteiger partial charge in [0.1, 0.15) is 5.82 Å². The van der Waals surface area contributed by atoms with E-state index in [9.17, 15) is 19.3 Å². The van der Waals surface area contributed by atoms with Crippen LogP contribution in [0.15, 0.2) is 84.8 Å². The van der Waals surface area contributed by atoms with Crippen molar-refractivity contribution < 1.29 is 14.1 Å². The zero-order chi connectivity index (χ0) is 26.2. The molecule has 0 bridgehead atoms. The number of carbonyl (C=O) groups excluding carboxylic acids is 1. The average molecular weight is 503 g/mol. The number of Topliss-reactive ketones (excluding diaryl/α,β-unsaturated/α-hetero) is 1. The Labute approximate surface area is 216 Å². The van der Waals surface area contributed by atoms with Crippen molar-refractivity contribution in [3.8, 4) is 0 Å². The van der Waals surface area contributed by atoms with Crippen LogP contribution in [0.4, 0.5) is 15.8 Å². The number of nitrogens with zero attached hydrogens (tertiary/aromatic N) is 2. The number of anilines is 2. The van der Waals surface area contributed by atoms with E-state index in [4.69, 9.17) is 0 Å². The lowest BCUT2D eigenvalue weighted by Crippen LogP contribution is -2.34. The molecule has 8 heteroatoms. The Hall–Kier alpha value is -4.04. The van der Waals surface area contributed by atoms with E-state index in [2.05, 4.69) is 15.5 Å². The molecule has 192 valence electrons. The number of nitrogens with one attached hydrogen (secondary N) is 2. The Morgan fingerprint density at radius 2 is 1.78 bits per heavy atom. The fourth-order valence-electron chi connectivity index (χ4n) is 4.64. The van der Waals surface area contributed by atoms with Gasteiger partial charge >= 0.3 is 0 Å². The van der Waals surface area contributed by atoms with E-state index in [0.29, 0.717) is 17.2 Å². The molecule has 37 heavy (non-hydrogen) atoms. The lowest BCUT2D eigenvalue weighted by Gasteiger charge is -2.32. The van der Waals surface area contributed by atoms with E-state index in [-0.39, 0.29) is 17.4 Å². The van der Waals surface area contributed by atoms with Crippen molar-refractivity contribution in [2.24, 2.45) is 5.92 Å². The number of halogens is 1. The predicted molar refractivity (Wildman–Crippen MR) is 143 cm³/mol. The summed E-state index contributed by atoms with van der Waals surface area (Å²) in [5, 5.41) is 17.5. The molecule has 1 aliphatic rings. The predicted octanol–water partition coefficient (Wildman–Crippen LogP) is 6.08. The molecule has 3 aromatic rings. The van der Waals surface area contributed by atoms with Gasteiger partial charge in [0.05, 0.1) is 4.92 Å². The minimum Gasteiger partial charge on any atom is -0.337 e. The molecule has 0 amide bonds. The van der Waals surface area contributed by atoms with Gasteiger partial charge < -0.3 is 10.6 Å². The highest BCUT2D eigenvalue weighted by Crippen LogP contribution is 2.26. The summed E-state index contributed by atoms with van der Waals surface area (Å²) >= 11 is 0. The van der Waals surface area contributed by atoms with Crippen LogP contribution in [0.2, 0.25) is 0 Å². The van der Waals surface area contributed by atoms with Crippen molar-refractivity contribution in [1.82, 2.24) is 4.90 Å². The molecular formula is C29H31FN4O3. The molecule has 1 fully saturated rings. The van der Waals surface area contributed by atoms with Crippen LogP contribution in [0.3, 0.4) is 0 Å². The molecule has 0 aromatic heterocycles. The highest BCUT2D eigenvalue weighted by atomic mass is 19.1. The summed E-state index contributed by atoms with van der Waals surface area (Å²) in [6.45, 7) is 4.10. The van der Waals surface area contributed by atoms with Gasteiger partial charge in [0.25, 0.3) is 6.20 Å². The molecule has 4 rings (SSSR count). The number of hydrogen-bond acceptors (Lipinski definition) is 6. The number of para-hydroxylation sites is 1. The summed E-state index contributed by atoms with van der Waals surface area (Å²) in [4.78, 5) is 24.9. The molecule has 1 saturated heterocycles. The fraction of sp³-hybridized carbons (Fsp3) is 0.276. The Morgan fingerprint density at radius 1 is 1.05 bits per heavy atom. The van der Waals surface area contributed by atoms with Crippen molar-refractivity contribution in [2.45, 2.75) is 32.7 Å². The second-order valence-electron chi connectivity index (χ2n) is 9.42. The highest BCUT2D eigenvalue weighted by molar-refractivity contribution is 5.95. The van der Waals surface area contributed by atoms with E-state index < -0.39 is 4.92 Å². The van der Waals surface area contributed by atoms with Crippen LogP contribution in [-0.2, 0) is 13.0 Å². The Balaban J connectivity index is 1.40. The molecule has 0 aliphatic carbocycles. The summed E-state index contributed by atoms with van der Waals surface area (Å²) in [5.41, 5.74) is 4.08. The average Bonchev–Trinajstić information content (AvgIpc) is 2.87. The van der Waals surface area contributed by atoms with Crippen LogP contribution < -0.4 is 10.6 Å². The fourth-order valence-corrected chi connectivity index (χ4v) is 4.64. The van der Waals surface area contributed by atoms with E-state index in [1.54, 1.807) is 24.3 Å². The minimum atomic E-state index is -0.515. The van der Waals surface area contributed by atoms with Crippen molar-refractivity contribution in [3.63, 3.8) is 0 Å². The molecule has 0 atom stereocenters. The van der Waals surface area contributed by atoms with Gasteiger partial charge in [-0.2, -0.15) is 0 Å². The summed E-state index contributed by atoms with van der Waals surface area (Å²) in [7, 11) is 0. The Bertz CT molecular complexity index is 1270. The molecular weight excluding hydrogens is 471 g/mol. The maximum atomic E-state index is 13.2. The maximum Gasteiger partial charge on any atom is 0.274 e. The Kier molecular flexibility index (Phi) is 8.64. The number of hydrogen-bond donors (Lipinski definition) is 2. The third kappa shape index (κ3) is 7.72. The van der Waals surface area contributed by atoms with E-state index in [0.717, 1.165) is 56.3 Å². The summed E-state index contributed by atoms with van der Waals surface area (Å²) in [6.07, 6.45) is 3.97. The van der Waals surface area contributed by atoms with Gasteiger partial charge in [-0.3, -0.25) is 19.8 Å². The third-order valence-corrected chi connectivity index (χ3v) is 6.61. The van der Waals surface area contributed by atoms with Crippen LogP contribution >= 0.6 is 0 Å². The zero-order valence-corrected chi connectivity index (χ0v) is 20.8. The first-order chi connectivity index (χ1) is 17.9. The van der Waals surface area contributed by atoms with Gasteiger partial charge in [-0.1, -0.05) is 42.5 Å². The molecule has 1 heterocycles. The normalized spacial score (nSPS) is 14.8. The smallest absolute Gasteiger partial charge is 0.274 e. The standard InChI is InChI=1S/C29H31FN4O3/c1-21(35)24-6-4-7-27(18-24)31-29(20-34(36)37)32-28-8-3-2-5-25(28)19-33-15-13-23(14-16-33)17-22-9-11-26(30)12-10-22/h2-12,18,20,23,31-32H,13-17,19H2,1H3. The third-order valence-electron chi connectivity index (χ3n) is 6.61. The van der Waals surface area contributed by atoms with Crippen LogP contribution in [0.5, 0.6) is 0 Å². The molecule has 2 N–H and O–H groups in total. The Morgan fingerprint density at radius 3 is 2.49 bits per heavy atom. The first-order valence-electron chi connectivity index (χ1n) is 12.4. The largest absolute Gasteiger partial charge is 0.337 e. The summed E-state index contributed by atoms with van der Waals surface area (Å²) in [6, 6.07) is 21.4. The van der Waals surface area contributed by atoms with Gasteiger partial charge in [-0.25, -0.2) is 4.39 Å². The molecule has 0 radical (unpaired) electrons. The topological polar surface area (TPSA) is 87.5 Å². The first-order valence-corrected chi connectivity index (χ1v) is 12.4. The van der Waals surface area contributed by atoms with Crippen LogP contribution in [0.1, 0.15) is 41.3 Å². The van der Waals surface area contributed by atoms with Crippen LogP contribution in [0.25, 0.3) is 0 Å². The number of piperidine rings is 1. The van der Waals surface area contributed by atoms with Crippen molar-refractivity contribution in [2.75, 3.05) is 23.7 Å². The van der Waals surface area contributed by atoms with E-state index in [1.165, 1.54) is 24.6 Å². The number of ketones is 1. The van der Waals surface area contributed by atoms with Crippen molar-refractivity contribution in [3.05, 3.63) is 117 Å². The highest BCUT2D eigenvalue weighted by Gasteiger charge is 2.20. The summed E-state index contributed by atoms with van der Waals surface area (Å²) in [5.74, 6) is 0.487. The van der Waals surface area contributed by atoms with Gasteiger partial charge in [-0.05, 0) is 86.7 Å². The monoisotopic (exact) mass is 502 g/mol. The van der Waals surface area contributed by atoms with Crippen LogP contribution in [-0.4, -0.2) is 28.7 Å².